The number of hydrogen-bond acceptors (Lipinski definition) is 5. The van der Waals surface area contributed by atoms with Crippen LogP contribution in [0.1, 0.15) is 23.6 Å². The molecule has 1 N–H and O–H groups in total. The number of methoxy groups -OCH3 is 1. The van der Waals surface area contributed by atoms with Crippen molar-refractivity contribution in [2.75, 3.05) is 43.6 Å². The summed E-state index contributed by atoms with van der Waals surface area (Å²) in [6.07, 6.45) is 3.40. The molecule has 0 aliphatic carbocycles. The molecule has 190 valence electrons. The maximum atomic E-state index is 12.9. The van der Waals surface area contributed by atoms with E-state index in [1.165, 1.54) is 11.1 Å². The first-order valence-corrected chi connectivity index (χ1v) is 12.5. The number of morpholine rings is 1. The van der Waals surface area contributed by atoms with Crippen LogP contribution in [-0.4, -0.2) is 39.3 Å². The number of amides is 1. The number of carbonyl (C=O) groups excluding carboxylic acids is 1. The minimum atomic E-state index is -0.194. The first-order chi connectivity index (χ1) is 17.9. The topological polar surface area (TPSA) is 63.9 Å². The van der Waals surface area contributed by atoms with E-state index in [1.807, 2.05) is 43.3 Å². The maximum Gasteiger partial charge on any atom is 0.248 e. The van der Waals surface area contributed by atoms with Gasteiger partial charge >= 0.3 is 0 Å². The van der Waals surface area contributed by atoms with Crippen LogP contribution in [0.2, 0.25) is 0 Å². The Morgan fingerprint density at radius 2 is 1.76 bits per heavy atom. The number of ether oxygens (including phenoxy) is 2. The smallest absolute Gasteiger partial charge is 0.248 e. The van der Waals surface area contributed by atoms with Crippen molar-refractivity contribution < 1.29 is 18.7 Å². The standard InChI is InChI=1S/C31H32N2O4/c1-20-5-10-25(21(2)15-20)28-19-37-30-18-29(35-4)26(17-27(28)30)22(3)16-31(34)32-23-6-8-24(9-7-23)33-11-13-36-14-12-33/h5-10,15-19H,11-14H2,1-4H3,(H,32,34)/b22-16+. The number of allylic oxidation sites excluding steroid dienone is 1. The van der Waals surface area contributed by atoms with Gasteiger partial charge in [0.25, 0.3) is 0 Å². The average molecular weight is 497 g/mol. The molecule has 1 saturated heterocycles. The summed E-state index contributed by atoms with van der Waals surface area (Å²) in [6, 6.07) is 18.2. The molecule has 0 radical (unpaired) electrons. The fourth-order valence-corrected chi connectivity index (χ4v) is 4.89. The Morgan fingerprint density at radius 1 is 1.00 bits per heavy atom. The number of anilines is 2. The number of hydrogen-bond donors (Lipinski definition) is 1. The van der Waals surface area contributed by atoms with Crippen LogP contribution in [0.4, 0.5) is 11.4 Å². The molecular formula is C31H32N2O4. The van der Waals surface area contributed by atoms with Crippen molar-refractivity contribution in [2.24, 2.45) is 0 Å². The number of furan rings is 1. The Hall–Kier alpha value is -4.03. The van der Waals surface area contributed by atoms with Crippen molar-refractivity contribution in [1.29, 1.82) is 0 Å². The maximum absolute atomic E-state index is 12.9. The van der Waals surface area contributed by atoms with E-state index in [9.17, 15) is 4.79 Å². The highest BCUT2D eigenvalue weighted by molar-refractivity contribution is 6.05. The molecule has 3 aromatic carbocycles. The van der Waals surface area contributed by atoms with E-state index < -0.39 is 0 Å². The number of benzene rings is 3. The second kappa shape index (κ2) is 10.5. The van der Waals surface area contributed by atoms with E-state index in [1.54, 1.807) is 19.4 Å². The number of carbonyl (C=O) groups is 1. The van der Waals surface area contributed by atoms with Crippen molar-refractivity contribution in [1.82, 2.24) is 0 Å². The van der Waals surface area contributed by atoms with Gasteiger partial charge in [-0.05, 0) is 67.8 Å². The summed E-state index contributed by atoms with van der Waals surface area (Å²) in [5.74, 6) is 0.464. The van der Waals surface area contributed by atoms with Gasteiger partial charge in [0.1, 0.15) is 11.3 Å². The number of nitrogens with one attached hydrogen (secondary N) is 1. The molecule has 1 aliphatic rings. The van der Waals surface area contributed by atoms with Crippen LogP contribution in [0.5, 0.6) is 5.75 Å². The lowest BCUT2D eigenvalue weighted by Gasteiger charge is -2.28. The van der Waals surface area contributed by atoms with Gasteiger partial charge in [-0.15, -0.1) is 0 Å². The first kappa shape index (κ1) is 24.7. The van der Waals surface area contributed by atoms with Gasteiger partial charge in [-0.1, -0.05) is 23.8 Å². The average Bonchev–Trinajstić information content (AvgIpc) is 3.31. The third-order valence-electron chi connectivity index (χ3n) is 6.85. The zero-order chi connectivity index (χ0) is 25.9. The van der Waals surface area contributed by atoms with E-state index in [2.05, 4.69) is 42.3 Å². The third kappa shape index (κ3) is 5.25. The van der Waals surface area contributed by atoms with Crippen LogP contribution >= 0.6 is 0 Å². The van der Waals surface area contributed by atoms with E-state index in [0.717, 1.165) is 70.9 Å². The molecule has 1 amide bonds. The summed E-state index contributed by atoms with van der Waals surface area (Å²) in [7, 11) is 1.63. The zero-order valence-corrected chi connectivity index (χ0v) is 21.8. The molecule has 37 heavy (non-hydrogen) atoms. The fraction of sp³-hybridized carbons (Fsp3) is 0.258. The van der Waals surface area contributed by atoms with Crippen LogP contribution in [0.25, 0.3) is 27.7 Å². The normalized spacial score (nSPS) is 14.2. The van der Waals surface area contributed by atoms with Crippen molar-refractivity contribution in [3.05, 3.63) is 83.6 Å². The fourth-order valence-electron chi connectivity index (χ4n) is 4.89. The summed E-state index contributed by atoms with van der Waals surface area (Å²) in [5, 5.41) is 3.96. The van der Waals surface area contributed by atoms with Crippen molar-refractivity contribution in [3.63, 3.8) is 0 Å². The predicted octanol–water partition coefficient (Wildman–Crippen LogP) is 6.60. The summed E-state index contributed by atoms with van der Waals surface area (Å²) in [4.78, 5) is 15.2. The van der Waals surface area contributed by atoms with E-state index in [-0.39, 0.29) is 5.91 Å². The molecule has 1 fully saturated rings. The summed E-state index contributed by atoms with van der Waals surface area (Å²) < 4.78 is 17.0. The third-order valence-corrected chi connectivity index (χ3v) is 6.85. The largest absolute Gasteiger partial charge is 0.496 e. The SMILES string of the molecule is COc1cc2occ(-c3ccc(C)cc3C)c2cc1/C(C)=C/C(=O)Nc1ccc(N2CCOCC2)cc1. The molecule has 4 aromatic rings. The van der Waals surface area contributed by atoms with Gasteiger partial charge in [-0.3, -0.25) is 4.79 Å². The van der Waals surface area contributed by atoms with Crippen LogP contribution < -0.4 is 15.0 Å². The van der Waals surface area contributed by atoms with Gasteiger partial charge in [-0.2, -0.15) is 0 Å². The van der Waals surface area contributed by atoms with E-state index in [4.69, 9.17) is 13.9 Å². The summed E-state index contributed by atoms with van der Waals surface area (Å²) >= 11 is 0. The second-order valence-corrected chi connectivity index (χ2v) is 9.48. The molecule has 6 heteroatoms. The number of fused-ring (bicyclic) bond motifs is 1. The van der Waals surface area contributed by atoms with Gasteiger partial charge < -0.3 is 24.1 Å². The van der Waals surface area contributed by atoms with Crippen molar-refractivity contribution in [2.45, 2.75) is 20.8 Å². The number of aryl methyl sites for hydroxylation is 2. The zero-order valence-electron chi connectivity index (χ0n) is 21.8. The highest BCUT2D eigenvalue weighted by atomic mass is 16.5. The quantitative estimate of drug-likeness (QED) is 0.305. The van der Waals surface area contributed by atoms with Gasteiger partial charge in [-0.25, -0.2) is 0 Å². The molecule has 0 spiro atoms. The van der Waals surface area contributed by atoms with E-state index in [0.29, 0.717) is 5.75 Å². The van der Waals surface area contributed by atoms with Crippen LogP contribution in [-0.2, 0) is 9.53 Å². The van der Waals surface area contributed by atoms with Gasteiger partial charge in [0.05, 0.1) is 26.6 Å². The predicted molar refractivity (Wildman–Crippen MR) is 149 cm³/mol. The molecule has 0 unspecified atom stereocenters. The van der Waals surface area contributed by atoms with Gasteiger partial charge in [0, 0.05) is 53.1 Å². The Kier molecular flexibility index (Phi) is 7.01. The first-order valence-electron chi connectivity index (χ1n) is 12.5. The highest BCUT2D eigenvalue weighted by Gasteiger charge is 2.16. The summed E-state index contributed by atoms with van der Waals surface area (Å²) in [6.45, 7) is 9.34. The lowest BCUT2D eigenvalue weighted by atomic mass is 9.96. The molecule has 0 bridgehead atoms. The van der Waals surface area contributed by atoms with Crippen molar-refractivity contribution in [3.8, 4) is 16.9 Å². The second-order valence-electron chi connectivity index (χ2n) is 9.48. The minimum Gasteiger partial charge on any atom is -0.496 e. The molecule has 1 aromatic heterocycles. The number of nitrogens with zero attached hydrogens (tertiary/aromatic N) is 1. The summed E-state index contributed by atoms with van der Waals surface area (Å²) in [5.41, 5.74) is 8.83. The Bertz CT molecular complexity index is 1460. The molecule has 2 heterocycles. The van der Waals surface area contributed by atoms with Crippen LogP contribution in [0.15, 0.2) is 71.4 Å². The highest BCUT2D eigenvalue weighted by Crippen LogP contribution is 2.38. The van der Waals surface area contributed by atoms with Crippen LogP contribution in [0, 0.1) is 13.8 Å². The van der Waals surface area contributed by atoms with Gasteiger partial charge in [0.15, 0.2) is 0 Å². The Labute approximate surface area is 217 Å². The van der Waals surface area contributed by atoms with E-state index >= 15 is 0 Å². The monoisotopic (exact) mass is 496 g/mol. The Balaban J connectivity index is 1.40. The van der Waals surface area contributed by atoms with Crippen molar-refractivity contribution >= 4 is 33.8 Å². The molecule has 6 nitrogen and oxygen atoms in total. The lowest BCUT2D eigenvalue weighted by Crippen LogP contribution is -2.36. The lowest BCUT2D eigenvalue weighted by molar-refractivity contribution is -0.111. The molecular weight excluding hydrogens is 464 g/mol. The van der Waals surface area contributed by atoms with Gasteiger partial charge in [0.2, 0.25) is 5.91 Å². The molecule has 1 aliphatic heterocycles. The molecule has 0 atom stereocenters. The number of rotatable bonds is 6. The molecule has 5 rings (SSSR count). The van der Waals surface area contributed by atoms with Crippen LogP contribution in [0.3, 0.4) is 0 Å². The molecule has 0 saturated carbocycles. The minimum absolute atomic E-state index is 0.194. The Morgan fingerprint density at radius 3 is 2.46 bits per heavy atom.